The van der Waals surface area contributed by atoms with Crippen molar-refractivity contribution in [3.8, 4) is 0 Å². The molecule has 9 nitrogen and oxygen atoms in total. The molecule has 0 atom stereocenters. The van der Waals surface area contributed by atoms with Crippen molar-refractivity contribution in [2.24, 2.45) is 10.9 Å². The van der Waals surface area contributed by atoms with Gasteiger partial charge < -0.3 is 10.1 Å². The lowest BCUT2D eigenvalue weighted by Gasteiger charge is -2.30. The number of nitrogens with one attached hydrogen (secondary N) is 1. The quantitative estimate of drug-likeness (QED) is 0.498. The fourth-order valence-electron chi connectivity index (χ4n) is 4.72. The van der Waals surface area contributed by atoms with E-state index in [0.29, 0.717) is 50.4 Å². The summed E-state index contributed by atoms with van der Waals surface area (Å²) in [6.45, 7) is 9.05. The van der Waals surface area contributed by atoms with Gasteiger partial charge in [0.05, 0.1) is 37.2 Å². The van der Waals surface area contributed by atoms with Gasteiger partial charge in [0.2, 0.25) is 16.0 Å². The van der Waals surface area contributed by atoms with E-state index in [4.69, 9.17) is 14.7 Å². The summed E-state index contributed by atoms with van der Waals surface area (Å²) >= 11 is 0. The Bertz CT molecular complexity index is 1380. The minimum atomic E-state index is -3.41. The van der Waals surface area contributed by atoms with E-state index in [1.165, 1.54) is 16.1 Å². The van der Waals surface area contributed by atoms with Crippen LogP contribution in [-0.4, -0.2) is 74.6 Å². The maximum absolute atomic E-state index is 12.5. The standard InChI is InChI=1S/C26H32N6O3S/c1-18(2)24-23-19(16-27-24)4-5-20-17-28-26(30-25(20)23)29-21-6-8-22(9-7-21)32(36(3,33)34)11-10-31-12-14-35-15-13-31/h4-9,17-18H,10-16H2,1-3H3,(H,28,29,30). The molecule has 190 valence electrons. The summed E-state index contributed by atoms with van der Waals surface area (Å²) in [5.41, 5.74) is 5.71. The number of aliphatic imine (C=N–C) groups is 1. The zero-order valence-electron chi connectivity index (χ0n) is 20.9. The monoisotopic (exact) mass is 508 g/mol. The molecule has 36 heavy (non-hydrogen) atoms. The van der Waals surface area contributed by atoms with Crippen molar-refractivity contribution >= 4 is 44.0 Å². The first-order valence-electron chi connectivity index (χ1n) is 12.3. The summed E-state index contributed by atoms with van der Waals surface area (Å²) in [5.74, 6) is 0.808. The fraction of sp³-hybridized carbons (Fsp3) is 0.423. The Morgan fingerprint density at radius 2 is 1.86 bits per heavy atom. The Kier molecular flexibility index (Phi) is 6.92. The van der Waals surface area contributed by atoms with Crippen molar-refractivity contribution in [2.45, 2.75) is 20.4 Å². The fourth-order valence-corrected chi connectivity index (χ4v) is 5.64. The van der Waals surface area contributed by atoms with Crippen LogP contribution in [0.4, 0.5) is 17.3 Å². The molecule has 5 rings (SSSR count). The molecule has 0 unspecified atom stereocenters. The maximum Gasteiger partial charge on any atom is 0.232 e. The van der Waals surface area contributed by atoms with Crippen LogP contribution in [0.5, 0.6) is 0 Å². The molecule has 2 aliphatic heterocycles. The second-order valence-electron chi connectivity index (χ2n) is 9.55. The third-order valence-electron chi connectivity index (χ3n) is 6.60. The number of hydrogen-bond donors (Lipinski definition) is 1. The molecular weight excluding hydrogens is 476 g/mol. The highest BCUT2D eigenvalue weighted by molar-refractivity contribution is 7.92. The highest BCUT2D eigenvalue weighted by Crippen LogP contribution is 2.30. The van der Waals surface area contributed by atoms with E-state index in [1.807, 2.05) is 36.5 Å². The molecule has 2 aliphatic rings. The molecular formula is C26H32N6O3S. The molecule has 0 radical (unpaired) electrons. The third-order valence-corrected chi connectivity index (χ3v) is 7.79. The van der Waals surface area contributed by atoms with Crippen LogP contribution in [0.1, 0.15) is 25.0 Å². The minimum Gasteiger partial charge on any atom is -0.379 e. The molecule has 2 aromatic carbocycles. The Morgan fingerprint density at radius 3 is 2.56 bits per heavy atom. The third kappa shape index (κ3) is 5.21. The molecule has 1 N–H and O–H groups in total. The topological polar surface area (TPSA) is 100 Å². The number of hydrogen-bond acceptors (Lipinski definition) is 8. The maximum atomic E-state index is 12.5. The lowest BCUT2D eigenvalue weighted by atomic mass is 9.96. The van der Waals surface area contributed by atoms with Crippen LogP contribution in [0.25, 0.3) is 10.9 Å². The van der Waals surface area contributed by atoms with Gasteiger partial charge in [0.1, 0.15) is 0 Å². The first-order valence-corrected chi connectivity index (χ1v) is 14.1. The summed E-state index contributed by atoms with van der Waals surface area (Å²) in [4.78, 5) is 16.3. The van der Waals surface area contributed by atoms with Gasteiger partial charge in [-0.2, -0.15) is 0 Å². The van der Waals surface area contributed by atoms with Gasteiger partial charge in [0.25, 0.3) is 0 Å². The van der Waals surface area contributed by atoms with Crippen LogP contribution in [0.2, 0.25) is 0 Å². The number of aromatic nitrogens is 2. The van der Waals surface area contributed by atoms with E-state index in [2.05, 4.69) is 35.1 Å². The van der Waals surface area contributed by atoms with E-state index in [-0.39, 0.29) is 0 Å². The first kappa shape index (κ1) is 24.6. The Hall–Kier alpha value is -3.08. The van der Waals surface area contributed by atoms with Crippen LogP contribution in [0.15, 0.2) is 47.6 Å². The van der Waals surface area contributed by atoms with Gasteiger partial charge in [-0.15, -0.1) is 0 Å². The molecule has 0 spiro atoms. The van der Waals surface area contributed by atoms with Gasteiger partial charge in [0, 0.05) is 54.7 Å². The highest BCUT2D eigenvalue weighted by atomic mass is 32.2. The average Bonchev–Trinajstić information content (AvgIpc) is 3.30. The van der Waals surface area contributed by atoms with Crippen molar-refractivity contribution in [2.75, 3.05) is 55.3 Å². The predicted octanol–water partition coefficient (Wildman–Crippen LogP) is 3.43. The molecule has 3 aromatic rings. The Balaban J connectivity index is 1.35. The number of rotatable bonds is 8. The normalized spacial score (nSPS) is 16.3. The number of nitrogens with zero attached hydrogens (tertiary/aromatic N) is 5. The summed E-state index contributed by atoms with van der Waals surface area (Å²) in [5, 5.41) is 4.25. The minimum absolute atomic E-state index is 0.316. The molecule has 1 saturated heterocycles. The number of morpholine rings is 1. The van der Waals surface area contributed by atoms with Gasteiger partial charge in [-0.05, 0) is 35.7 Å². The van der Waals surface area contributed by atoms with Crippen molar-refractivity contribution in [1.29, 1.82) is 0 Å². The number of sulfonamides is 1. The molecule has 10 heteroatoms. The Labute approximate surface area is 212 Å². The summed E-state index contributed by atoms with van der Waals surface area (Å²) in [7, 11) is -3.41. The van der Waals surface area contributed by atoms with Gasteiger partial charge in [0.15, 0.2) is 0 Å². The lowest BCUT2D eigenvalue weighted by molar-refractivity contribution is 0.0395. The van der Waals surface area contributed by atoms with E-state index in [0.717, 1.165) is 41.0 Å². The van der Waals surface area contributed by atoms with Crippen LogP contribution in [0, 0.1) is 5.92 Å². The van der Waals surface area contributed by atoms with Gasteiger partial charge >= 0.3 is 0 Å². The molecule has 0 saturated carbocycles. The summed E-state index contributed by atoms with van der Waals surface area (Å²) in [6, 6.07) is 11.5. The molecule has 3 heterocycles. The van der Waals surface area contributed by atoms with Crippen LogP contribution in [0.3, 0.4) is 0 Å². The zero-order valence-corrected chi connectivity index (χ0v) is 21.8. The van der Waals surface area contributed by atoms with E-state index in [1.54, 1.807) is 0 Å². The summed E-state index contributed by atoms with van der Waals surface area (Å²) in [6.07, 6.45) is 3.07. The second-order valence-corrected chi connectivity index (χ2v) is 11.5. The number of anilines is 3. The number of ether oxygens (including phenoxy) is 1. The largest absolute Gasteiger partial charge is 0.379 e. The van der Waals surface area contributed by atoms with Gasteiger partial charge in [-0.1, -0.05) is 26.0 Å². The molecule has 1 fully saturated rings. The van der Waals surface area contributed by atoms with E-state index < -0.39 is 10.0 Å². The van der Waals surface area contributed by atoms with Gasteiger partial charge in [-0.3, -0.25) is 14.2 Å². The second kappa shape index (κ2) is 10.1. The predicted molar refractivity (Wildman–Crippen MR) is 144 cm³/mol. The van der Waals surface area contributed by atoms with Crippen LogP contribution >= 0.6 is 0 Å². The van der Waals surface area contributed by atoms with Crippen molar-refractivity contribution in [3.05, 3.63) is 53.7 Å². The molecule has 0 aliphatic carbocycles. The lowest BCUT2D eigenvalue weighted by Crippen LogP contribution is -2.43. The molecule has 1 aromatic heterocycles. The van der Waals surface area contributed by atoms with Crippen LogP contribution < -0.4 is 9.62 Å². The highest BCUT2D eigenvalue weighted by Gasteiger charge is 2.23. The van der Waals surface area contributed by atoms with Crippen molar-refractivity contribution in [3.63, 3.8) is 0 Å². The van der Waals surface area contributed by atoms with Crippen LogP contribution in [-0.2, 0) is 21.3 Å². The van der Waals surface area contributed by atoms with Gasteiger partial charge in [-0.25, -0.2) is 18.4 Å². The van der Waals surface area contributed by atoms with Crippen molar-refractivity contribution < 1.29 is 13.2 Å². The summed E-state index contributed by atoms with van der Waals surface area (Å²) < 4.78 is 31.9. The zero-order chi connectivity index (χ0) is 25.3. The smallest absolute Gasteiger partial charge is 0.232 e. The SMILES string of the molecule is CC(C)C1=NCc2ccc3cnc(Nc4ccc(N(CCN5CCOCC5)S(C)(=O)=O)cc4)nc3c21. The van der Waals surface area contributed by atoms with E-state index in [9.17, 15) is 8.42 Å². The number of benzene rings is 2. The number of fused-ring (bicyclic) bond motifs is 3. The van der Waals surface area contributed by atoms with E-state index >= 15 is 0 Å². The Morgan fingerprint density at radius 1 is 1.11 bits per heavy atom. The molecule has 0 amide bonds. The van der Waals surface area contributed by atoms with Crippen molar-refractivity contribution in [1.82, 2.24) is 14.9 Å². The molecule has 0 bridgehead atoms. The first-order chi connectivity index (χ1) is 17.3. The average molecular weight is 509 g/mol.